The molecule has 0 spiro atoms. The molecule has 1 aliphatic carbocycles. The molecule has 3 nitrogen and oxygen atoms in total. The van der Waals surface area contributed by atoms with Crippen LogP contribution in [-0.4, -0.2) is 19.9 Å². The third-order valence-electron chi connectivity index (χ3n) is 3.75. The number of Topliss-reactive ketones (excluding diaryl/α,β-unsaturated/α-hetero) is 1. The highest BCUT2D eigenvalue weighted by Gasteiger charge is 2.41. The molecule has 1 aliphatic rings. The standard InChI is InChI=1S/C14H18ClNO2/c1-16-14(9-4-3-8-12(14)17)10-6-5-7-11(18-2)13(10)15/h5-7,16H,3-4,8-9H2,1-2H3/t14-/m0/s1. The van der Waals surface area contributed by atoms with Gasteiger partial charge >= 0.3 is 0 Å². The lowest BCUT2D eigenvalue weighted by Crippen LogP contribution is -2.49. The number of nitrogens with one attached hydrogen (secondary N) is 1. The molecule has 0 unspecified atom stereocenters. The minimum atomic E-state index is -0.649. The lowest BCUT2D eigenvalue weighted by atomic mass is 9.75. The van der Waals surface area contributed by atoms with Crippen LogP contribution in [0.2, 0.25) is 5.02 Å². The summed E-state index contributed by atoms with van der Waals surface area (Å²) < 4.78 is 5.23. The van der Waals surface area contributed by atoms with Crippen LogP contribution < -0.4 is 10.1 Å². The van der Waals surface area contributed by atoms with Gasteiger partial charge in [0.15, 0.2) is 5.78 Å². The monoisotopic (exact) mass is 267 g/mol. The molecule has 0 saturated heterocycles. The SMILES string of the molecule is CN[C@]1(c2cccc(OC)c2Cl)CCCCC1=O. The maximum Gasteiger partial charge on any atom is 0.157 e. The van der Waals surface area contributed by atoms with E-state index in [1.54, 1.807) is 7.11 Å². The van der Waals surface area contributed by atoms with Crippen molar-refractivity contribution >= 4 is 17.4 Å². The smallest absolute Gasteiger partial charge is 0.157 e. The number of hydrogen-bond acceptors (Lipinski definition) is 3. The van der Waals surface area contributed by atoms with Gasteiger partial charge in [0.2, 0.25) is 0 Å². The van der Waals surface area contributed by atoms with Gasteiger partial charge in [-0.2, -0.15) is 0 Å². The molecule has 1 aromatic carbocycles. The normalized spacial score (nSPS) is 24.1. The van der Waals surface area contributed by atoms with E-state index >= 15 is 0 Å². The Morgan fingerprint density at radius 3 is 2.78 bits per heavy atom. The number of hydrogen-bond donors (Lipinski definition) is 1. The molecular weight excluding hydrogens is 250 g/mol. The summed E-state index contributed by atoms with van der Waals surface area (Å²) in [4.78, 5) is 12.3. The molecule has 0 aromatic heterocycles. The summed E-state index contributed by atoms with van der Waals surface area (Å²) in [7, 11) is 3.40. The first kappa shape index (κ1) is 13.4. The second-order valence-electron chi connectivity index (χ2n) is 4.61. The zero-order valence-corrected chi connectivity index (χ0v) is 11.5. The number of rotatable bonds is 3. The quantitative estimate of drug-likeness (QED) is 0.915. The van der Waals surface area contributed by atoms with E-state index in [0.29, 0.717) is 17.2 Å². The number of halogens is 1. The first-order chi connectivity index (χ1) is 8.65. The van der Waals surface area contributed by atoms with Gasteiger partial charge in [0, 0.05) is 12.0 Å². The summed E-state index contributed by atoms with van der Waals surface area (Å²) in [6, 6.07) is 5.59. The number of methoxy groups -OCH3 is 1. The Kier molecular flexibility index (Phi) is 3.93. The molecule has 0 radical (unpaired) electrons. The Morgan fingerprint density at radius 2 is 2.17 bits per heavy atom. The lowest BCUT2D eigenvalue weighted by Gasteiger charge is -2.36. The minimum Gasteiger partial charge on any atom is -0.495 e. The van der Waals surface area contributed by atoms with Crippen LogP contribution in [0.3, 0.4) is 0 Å². The van der Waals surface area contributed by atoms with Gasteiger partial charge in [-0.25, -0.2) is 0 Å². The van der Waals surface area contributed by atoms with E-state index in [9.17, 15) is 4.79 Å². The maximum atomic E-state index is 12.3. The van der Waals surface area contributed by atoms with Crippen molar-refractivity contribution in [3.8, 4) is 5.75 Å². The van der Waals surface area contributed by atoms with E-state index in [4.69, 9.17) is 16.3 Å². The second kappa shape index (κ2) is 5.29. The van der Waals surface area contributed by atoms with Crippen LogP contribution in [0, 0.1) is 0 Å². The van der Waals surface area contributed by atoms with Gasteiger partial charge in [-0.05, 0) is 26.0 Å². The number of carbonyl (C=O) groups is 1. The summed E-state index contributed by atoms with van der Waals surface area (Å²) in [5.74, 6) is 0.827. The molecule has 0 bridgehead atoms. The van der Waals surface area contributed by atoms with Gasteiger partial charge in [-0.3, -0.25) is 4.79 Å². The number of likely N-dealkylation sites (N-methyl/N-ethyl adjacent to an activating group) is 1. The predicted octanol–water partition coefficient (Wildman–Crippen LogP) is 2.91. The van der Waals surface area contributed by atoms with E-state index in [1.165, 1.54) is 0 Å². The molecule has 18 heavy (non-hydrogen) atoms. The number of ether oxygens (including phenoxy) is 1. The first-order valence-corrected chi connectivity index (χ1v) is 6.58. The fourth-order valence-corrected chi connectivity index (χ4v) is 3.07. The molecule has 2 rings (SSSR count). The van der Waals surface area contributed by atoms with Crippen LogP contribution in [-0.2, 0) is 10.3 Å². The van der Waals surface area contributed by atoms with Crippen molar-refractivity contribution in [1.29, 1.82) is 0 Å². The van der Waals surface area contributed by atoms with Gasteiger partial charge in [0.05, 0.1) is 12.1 Å². The molecule has 4 heteroatoms. The Labute approximate surface area is 112 Å². The number of benzene rings is 1. The van der Waals surface area contributed by atoms with Crippen LogP contribution in [0.1, 0.15) is 31.2 Å². The van der Waals surface area contributed by atoms with Crippen LogP contribution in [0.4, 0.5) is 0 Å². The van der Waals surface area contributed by atoms with Gasteiger partial charge < -0.3 is 10.1 Å². The van der Waals surface area contributed by atoms with Gasteiger partial charge in [0.1, 0.15) is 11.3 Å². The van der Waals surface area contributed by atoms with E-state index in [0.717, 1.165) is 24.8 Å². The molecule has 0 heterocycles. The molecule has 1 fully saturated rings. The topological polar surface area (TPSA) is 38.3 Å². The molecule has 0 aliphatic heterocycles. The van der Waals surface area contributed by atoms with Crippen molar-refractivity contribution in [2.24, 2.45) is 0 Å². The van der Waals surface area contributed by atoms with Crippen LogP contribution in [0.5, 0.6) is 5.75 Å². The lowest BCUT2D eigenvalue weighted by molar-refractivity contribution is -0.127. The van der Waals surface area contributed by atoms with E-state index in [-0.39, 0.29) is 5.78 Å². The Morgan fingerprint density at radius 1 is 1.39 bits per heavy atom. The Bertz CT molecular complexity index is 461. The molecule has 1 saturated carbocycles. The zero-order valence-electron chi connectivity index (χ0n) is 10.8. The predicted molar refractivity (Wildman–Crippen MR) is 72.2 cm³/mol. The van der Waals surface area contributed by atoms with Crippen molar-refractivity contribution in [1.82, 2.24) is 5.32 Å². The largest absolute Gasteiger partial charge is 0.495 e. The van der Waals surface area contributed by atoms with Crippen molar-refractivity contribution < 1.29 is 9.53 Å². The summed E-state index contributed by atoms with van der Waals surface area (Å²) in [5.41, 5.74) is 0.180. The van der Waals surface area contributed by atoms with Crippen LogP contribution in [0.15, 0.2) is 18.2 Å². The molecule has 98 valence electrons. The first-order valence-electron chi connectivity index (χ1n) is 6.21. The highest BCUT2D eigenvalue weighted by atomic mass is 35.5. The van der Waals surface area contributed by atoms with Crippen molar-refractivity contribution in [2.45, 2.75) is 31.2 Å². The van der Waals surface area contributed by atoms with Crippen molar-refractivity contribution in [3.05, 3.63) is 28.8 Å². The fourth-order valence-electron chi connectivity index (χ4n) is 2.71. The zero-order chi connectivity index (χ0) is 13.2. The summed E-state index contributed by atoms with van der Waals surface area (Å²) >= 11 is 6.36. The second-order valence-corrected chi connectivity index (χ2v) is 4.99. The average molecular weight is 268 g/mol. The summed E-state index contributed by atoms with van der Waals surface area (Å²) in [5, 5.41) is 3.72. The fraction of sp³-hybridized carbons (Fsp3) is 0.500. The van der Waals surface area contributed by atoms with Crippen LogP contribution >= 0.6 is 11.6 Å². The third kappa shape index (κ3) is 2.02. The average Bonchev–Trinajstić information content (AvgIpc) is 2.40. The van der Waals surface area contributed by atoms with Crippen LogP contribution in [0.25, 0.3) is 0 Å². The molecule has 1 atom stereocenters. The van der Waals surface area contributed by atoms with E-state index in [2.05, 4.69) is 5.32 Å². The Balaban J connectivity index is 2.53. The minimum absolute atomic E-state index is 0.214. The molecular formula is C14H18ClNO2. The van der Waals surface area contributed by atoms with E-state index in [1.807, 2.05) is 25.2 Å². The van der Waals surface area contributed by atoms with Crippen molar-refractivity contribution in [2.75, 3.05) is 14.2 Å². The summed E-state index contributed by atoms with van der Waals surface area (Å²) in [6.07, 6.45) is 3.38. The molecule has 1 aromatic rings. The molecule has 1 N–H and O–H groups in total. The van der Waals surface area contributed by atoms with Gasteiger partial charge in [0.25, 0.3) is 0 Å². The van der Waals surface area contributed by atoms with Gasteiger partial charge in [-0.15, -0.1) is 0 Å². The van der Waals surface area contributed by atoms with Crippen molar-refractivity contribution in [3.63, 3.8) is 0 Å². The van der Waals surface area contributed by atoms with Gasteiger partial charge in [-0.1, -0.05) is 30.2 Å². The Hall–Kier alpha value is -1.06. The number of ketones is 1. The highest BCUT2D eigenvalue weighted by molar-refractivity contribution is 6.33. The van der Waals surface area contributed by atoms with E-state index < -0.39 is 5.54 Å². The summed E-state index contributed by atoms with van der Waals surface area (Å²) in [6.45, 7) is 0. The maximum absolute atomic E-state index is 12.3. The number of carbonyl (C=O) groups excluding carboxylic acids is 1. The highest BCUT2D eigenvalue weighted by Crippen LogP contribution is 2.40. The molecule has 0 amide bonds. The third-order valence-corrected chi connectivity index (χ3v) is 4.14.